The van der Waals surface area contributed by atoms with Crippen LogP contribution in [0.3, 0.4) is 0 Å². The highest BCUT2D eigenvalue weighted by atomic mass is 35.5. The van der Waals surface area contributed by atoms with Crippen molar-refractivity contribution in [3.63, 3.8) is 0 Å². The highest BCUT2D eigenvalue weighted by Gasteiger charge is 2.38. The van der Waals surface area contributed by atoms with E-state index in [1.807, 2.05) is 6.08 Å². The molecule has 2 aromatic carbocycles. The largest absolute Gasteiger partial charge is 1.00 e. The standard InChI is InChI=1S/C21H31FO5Si.C16H24ClFOSi.C5H8O4.CH4.H/c1-21(2,3)28(6,7)27-14-16(15-8-11-17(22)12-9-15)10-13-18(19(23)25-4)20(24)26-5;1-16(2,3)20(4,5)19-12-14(10-11-17)13-6-8-15(18)9-7-13;1-8-4(6)3-5(7)9-2;;/h8-12,18H,13-14H2,1-7H3;6-10H,11-12H2,1-5H3;3H2,1-2H3;1H4;/q;;;;-1/b16-10+;14-10+;;;. The van der Waals surface area contributed by atoms with Crippen LogP contribution in [-0.2, 0) is 47.0 Å². The van der Waals surface area contributed by atoms with E-state index in [4.69, 9.17) is 29.9 Å². The zero-order valence-corrected chi connectivity index (χ0v) is 38.9. The molecule has 0 unspecified atom stereocenters. The van der Waals surface area contributed by atoms with Crippen molar-refractivity contribution in [1.82, 2.24) is 0 Å². The van der Waals surface area contributed by atoms with Gasteiger partial charge in [-0.1, -0.05) is 85.4 Å². The van der Waals surface area contributed by atoms with Crippen LogP contribution in [0, 0.1) is 17.6 Å². The van der Waals surface area contributed by atoms with Crippen LogP contribution in [0.15, 0.2) is 60.7 Å². The van der Waals surface area contributed by atoms with Crippen LogP contribution in [0.1, 0.15) is 74.4 Å². The predicted octanol–water partition coefficient (Wildman–Crippen LogP) is 10.5. The van der Waals surface area contributed by atoms with Gasteiger partial charge in [-0.15, -0.1) is 11.6 Å². The second-order valence-electron chi connectivity index (χ2n) is 15.9. The van der Waals surface area contributed by atoms with Crippen LogP contribution in [0.5, 0.6) is 0 Å². The van der Waals surface area contributed by atoms with Gasteiger partial charge in [0, 0.05) is 5.88 Å². The molecular formula is C43H68ClF2O10Si2-. The van der Waals surface area contributed by atoms with Crippen LogP contribution in [0.2, 0.25) is 36.3 Å². The van der Waals surface area contributed by atoms with E-state index in [1.54, 1.807) is 30.3 Å². The summed E-state index contributed by atoms with van der Waals surface area (Å²) in [6.45, 7) is 22.6. The Hall–Kier alpha value is -3.70. The Bertz CT molecular complexity index is 1610. The molecule has 0 amide bonds. The minimum atomic E-state index is -2.02. The molecule has 2 rings (SSSR count). The second kappa shape index (κ2) is 26.4. The normalized spacial score (nSPS) is 12.2. The summed E-state index contributed by atoms with van der Waals surface area (Å²) in [4.78, 5) is 44.4. The maximum atomic E-state index is 13.3. The lowest BCUT2D eigenvalue weighted by molar-refractivity contribution is -0.158. The molecule has 10 nitrogen and oxygen atoms in total. The third kappa shape index (κ3) is 20.3. The molecule has 0 radical (unpaired) electrons. The zero-order chi connectivity index (χ0) is 44.2. The second-order valence-corrected chi connectivity index (χ2v) is 25.8. The molecule has 0 saturated carbocycles. The van der Waals surface area contributed by atoms with E-state index in [1.165, 1.54) is 52.7 Å². The molecule has 0 N–H and O–H groups in total. The average molecular weight is 875 g/mol. The SMILES string of the molecule is C.CC(C)(C)[Si](C)(C)OC/C(=C\CCl)c1ccc(F)cc1.COC(=O)C(C/C=C(\CO[Si](C)(C)C(C)(C)C)c1ccc(F)cc1)C(=O)OC.COC(=O)CC(=O)OC.[H-]. The molecular weight excluding hydrogens is 806 g/mol. The molecule has 330 valence electrons. The van der Waals surface area contributed by atoms with Gasteiger partial charge in [0.1, 0.15) is 18.1 Å². The smallest absolute Gasteiger partial charge is 0.320 e. The van der Waals surface area contributed by atoms with E-state index < -0.39 is 46.4 Å². The molecule has 58 heavy (non-hydrogen) atoms. The van der Waals surface area contributed by atoms with Gasteiger partial charge >= 0.3 is 23.9 Å². The van der Waals surface area contributed by atoms with Gasteiger partial charge in [-0.3, -0.25) is 19.2 Å². The molecule has 0 fully saturated rings. The Morgan fingerprint density at radius 1 is 0.638 bits per heavy atom. The topological polar surface area (TPSA) is 124 Å². The van der Waals surface area contributed by atoms with Gasteiger partial charge in [0.15, 0.2) is 22.6 Å². The van der Waals surface area contributed by atoms with E-state index in [2.05, 4.69) is 77.2 Å². The van der Waals surface area contributed by atoms with Crippen LogP contribution < -0.4 is 0 Å². The number of rotatable bonds is 15. The van der Waals surface area contributed by atoms with Crippen molar-refractivity contribution in [2.75, 3.05) is 47.5 Å². The minimum absolute atomic E-state index is 0. The fraction of sp³-hybridized carbons (Fsp3) is 0.535. The highest BCUT2D eigenvalue weighted by Crippen LogP contribution is 2.38. The molecule has 0 bridgehead atoms. The van der Waals surface area contributed by atoms with Gasteiger partial charge in [0.05, 0.1) is 41.7 Å². The number of ether oxygens (including phenoxy) is 4. The van der Waals surface area contributed by atoms with Gasteiger partial charge in [0.25, 0.3) is 0 Å². The Morgan fingerprint density at radius 3 is 1.24 bits per heavy atom. The molecule has 0 spiro atoms. The molecule has 2 aromatic rings. The number of hydrogen-bond donors (Lipinski definition) is 0. The van der Waals surface area contributed by atoms with Gasteiger partial charge in [-0.2, -0.15) is 0 Å². The van der Waals surface area contributed by atoms with Crippen LogP contribution in [0.25, 0.3) is 11.1 Å². The maximum Gasteiger partial charge on any atom is 0.320 e. The van der Waals surface area contributed by atoms with Crippen molar-refractivity contribution in [2.24, 2.45) is 5.92 Å². The van der Waals surface area contributed by atoms with E-state index in [-0.39, 0.29) is 43.4 Å². The summed E-state index contributed by atoms with van der Waals surface area (Å²) in [7, 11) is 1.06. The first-order valence-corrected chi connectivity index (χ1v) is 24.7. The number of carbonyl (C=O) groups is 4. The van der Waals surface area contributed by atoms with Crippen molar-refractivity contribution in [1.29, 1.82) is 0 Å². The number of methoxy groups -OCH3 is 4. The summed E-state index contributed by atoms with van der Waals surface area (Å²) >= 11 is 5.82. The number of allylic oxidation sites excluding steroid dienone is 2. The van der Waals surface area contributed by atoms with Gasteiger partial charge < -0.3 is 29.2 Å². The lowest BCUT2D eigenvalue weighted by Crippen LogP contribution is -2.41. The summed E-state index contributed by atoms with van der Waals surface area (Å²) in [5.41, 5.74) is 3.53. The first kappa shape index (κ1) is 56.4. The zero-order valence-electron chi connectivity index (χ0n) is 37.1. The summed E-state index contributed by atoms with van der Waals surface area (Å²) in [6.07, 6.45) is 3.49. The molecule has 0 heterocycles. The van der Waals surface area contributed by atoms with Gasteiger partial charge in [-0.25, -0.2) is 8.78 Å². The van der Waals surface area contributed by atoms with E-state index in [0.29, 0.717) is 19.1 Å². The number of esters is 4. The Kier molecular flexibility index (Phi) is 25.7. The summed E-state index contributed by atoms with van der Waals surface area (Å²) in [5.74, 6) is -3.69. The van der Waals surface area contributed by atoms with Crippen molar-refractivity contribution < 1.29 is 57.2 Å². The number of alkyl halides is 1. The van der Waals surface area contributed by atoms with Crippen LogP contribution in [-0.4, -0.2) is 88.0 Å². The summed E-state index contributed by atoms with van der Waals surface area (Å²) in [5, 5.41) is 0.198. The van der Waals surface area contributed by atoms with Crippen molar-refractivity contribution in [3.8, 4) is 0 Å². The average Bonchev–Trinajstić information content (AvgIpc) is 3.14. The fourth-order valence-electron chi connectivity index (χ4n) is 3.99. The quantitative estimate of drug-likeness (QED) is 0.0562. The van der Waals surface area contributed by atoms with E-state index in [9.17, 15) is 28.0 Å². The van der Waals surface area contributed by atoms with Crippen molar-refractivity contribution in [3.05, 3.63) is 83.4 Å². The molecule has 0 saturated heterocycles. The molecule has 0 aliphatic heterocycles. The Balaban J connectivity index is -0.000000883. The number of halogens is 3. The monoisotopic (exact) mass is 873 g/mol. The third-order valence-electron chi connectivity index (χ3n) is 9.86. The molecule has 15 heteroatoms. The minimum Gasteiger partial charge on any atom is -1.00 e. The molecule has 0 aliphatic carbocycles. The van der Waals surface area contributed by atoms with E-state index in [0.717, 1.165) is 22.3 Å². The predicted molar refractivity (Wildman–Crippen MR) is 234 cm³/mol. The summed E-state index contributed by atoms with van der Waals surface area (Å²) < 4.78 is 56.6. The van der Waals surface area contributed by atoms with Crippen molar-refractivity contribution >= 4 is 63.3 Å². The van der Waals surface area contributed by atoms with Gasteiger partial charge in [0.2, 0.25) is 0 Å². The fourth-order valence-corrected chi connectivity index (χ4v) is 6.07. The molecule has 0 aliphatic rings. The molecule has 0 atom stereocenters. The van der Waals surface area contributed by atoms with Crippen LogP contribution in [0.4, 0.5) is 8.78 Å². The maximum absolute atomic E-state index is 13.3. The van der Waals surface area contributed by atoms with Crippen molar-refractivity contribution in [2.45, 2.75) is 98.1 Å². The number of benzene rings is 2. The first-order valence-electron chi connectivity index (χ1n) is 18.3. The molecule has 0 aromatic heterocycles. The van der Waals surface area contributed by atoms with Crippen LogP contribution >= 0.6 is 11.6 Å². The Labute approximate surface area is 354 Å². The Morgan fingerprint density at radius 2 is 0.966 bits per heavy atom. The lowest BCUT2D eigenvalue weighted by atomic mass is 10.00. The lowest BCUT2D eigenvalue weighted by Gasteiger charge is -2.36. The highest BCUT2D eigenvalue weighted by molar-refractivity contribution is 6.74. The summed E-state index contributed by atoms with van der Waals surface area (Å²) in [6, 6.07) is 12.5. The third-order valence-corrected chi connectivity index (χ3v) is 19.0. The van der Waals surface area contributed by atoms with Gasteiger partial charge in [-0.05, 0) is 89.2 Å². The number of carbonyl (C=O) groups excluding carboxylic acids is 4. The van der Waals surface area contributed by atoms with E-state index >= 15 is 0 Å². The number of hydrogen-bond acceptors (Lipinski definition) is 10. The first-order chi connectivity index (χ1) is 26.3.